The van der Waals surface area contributed by atoms with Crippen molar-refractivity contribution in [1.82, 2.24) is 10.3 Å². The van der Waals surface area contributed by atoms with Crippen LogP contribution in [0.4, 0.5) is 0 Å². The first-order chi connectivity index (χ1) is 13.4. The van der Waals surface area contributed by atoms with Gasteiger partial charge >= 0.3 is 0 Å². The van der Waals surface area contributed by atoms with Crippen LogP contribution in [0.15, 0.2) is 70.0 Å². The number of benzene rings is 2. The topological polar surface area (TPSA) is 89.3 Å². The number of para-hydroxylation sites is 1. The predicted octanol–water partition coefficient (Wildman–Crippen LogP) is 3.89. The van der Waals surface area contributed by atoms with Crippen molar-refractivity contribution in [3.8, 4) is 10.8 Å². The Morgan fingerprint density at radius 1 is 1.07 bits per heavy atom. The Hall–Kier alpha value is -2.97. The maximum absolute atomic E-state index is 12.3. The Morgan fingerprint density at radius 2 is 1.82 bits per heavy atom. The highest BCUT2D eigenvalue weighted by molar-refractivity contribution is 7.90. The molecular weight excluding hydrogens is 396 g/mol. The monoisotopic (exact) mass is 412 g/mol. The molecular formula is C20H16N2O4S2. The second kappa shape index (κ2) is 7.21. The van der Waals surface area contributed by atoms with Gasteiger partial charge in [-0.25, -0.2) is 13.4 Å². The molecule has 142 valence electrons. The van der Waals surface area contributed by atoms with Gasteiger partial charge in [-0.1, -0.05) is 12.1 Å². The summed E-state index contributed by atoms with van der Waals surface area (Å²) in [6.45, 7) is 0.220. The number of fused-ring (bicyclic) bond motifs is 1. The molecule has 0 saturated carbocycles. The molecule has 0 saturated heterocycles. The number of nitrogens with zero attached hydrogens (tertiary/aromatic N) is 1. The number of thiazole rings is 1. The van der Waals surface area contributed by atoms with Crippen LogP contribution in [0.3, 0.4) is 0 Å². The molecule has 0 fully saturated rings. The van der Waals surface area contributed by atoms with Crippen molar-refractivity contribution < 1.29 is 17.6 Å². The van der Waals surface area contributed by atoms with E-state index in [2.05, 4.69) is 10.3 Å². The predicted molar refractivity (Wildman–Crippen MR) is 108 cm³/mol. The highest BCUT2D eigenvalue weighted by Gasteiger charge is 2.13. The largest absolute Gasteiger partial charge is 0.457 e. The van der Waals surface area contributed by atoms with Crippen molar-refractivity contribution in [3.63, 3.8) is 0 Å². The van der Waals surface area contributed by atoms with E-state index in [4.69, 9.17) is 4.42 Å². The van der Waals surface area contributed by atoms with E-state index >= 15 is 0 Å². The minimum atomic E-state index is -3.29. The van der Waals surface area contributed by atoms with Crippen molar-refractivity contribution in [2.75, 3.05) is 6.26 Å². The quantitative estimate of drug-likeness (QED) is 0.537. The Kier molecular flexibility index (Phi) is 4.74. The highest BCUT2D eigenvalue weighted by atomic mass is 32.2. The minimum absolute atomic E-state index is 0.176. The number of sulfone groups is 1. The molecule has 0 spiro atoms. The number of aromatic nitrogens is 1. The molecule has 0 aliphatic carbocycles. The van der Waals surface area contributed by atoms with E-state index in [1.807, 2.05) is 30.3 Å². The van der Waals surface area contributed by atoms with Gasteiger partial charge in [0.25, 0.3) is 5.91 Å². The summed E-state index contributed by atoms with van der Waals surface area (Å²) in [5.41, 5.74) is 1.30. The first-order valence-corrected chi connectivity index (χ1v) is 11.1. The zero-order chi connectivity index (χ0) is 19.7. The second-order valence-electron chi connectivity index (χ2n) is 6.23. The zero-order valence-electron chi connectivity index (χ0n) is 14.9. The van der Waals surface area contributed by atoms with Crippen LogP contribution in [0.5, 0.6) is 0 Å². The van der Waals surface area contributed by atoms with Gasteiger partial charge < -0.3 is 9.73 Å². The number of amides is 1. The molecule has 6 nitrogen and oxygen atoms in total. The van der Waals surface area contributed by atoms with Gasteiger partial charge in [0, 0.05) is 11.8 Å². The third-order valence-corrected chi connectivity index (χ3v) is 6.31. The third kappa shape index (κ3) is 3.83. The molecule has 0 radical (unpaired) electrons. The summed E-state index contributed by atoms with van der Waals surface area (Å²) in [6, 6.07) is 17.3. The Labute approximate surface area is 165 Å². The van der Waals surface area contributed by atoms with Gasteiger partial charge in [0.2, 0.25) is 0 Å². The standard InChI is InChI=1S/C20H16N2O4S2/c1-28(24,25)15-9-6-13(7-10-15)19(23)21-12-14-8-11-17(26-14)20-22-16-4-2-3-5-18(16)27-20/h2-11H,12H2,1H3,(H,21,23). The summed E-state index contributed by atoms with van der Waals surface area (Å²) >= 11 is 1.55. The summed E-state index contributed by atoms with van der Waals surface area (Å²) < 4.78 is 29.9. The fourth-order valence-corrected chi connectivity index (χ4v) is 4.25. The van der Waals surface area contributed by atoms with E-state index in [9.17, 15) is 13.2 Å². The lowest BCUT2D eigenvalue weighted by molar-refractivity contribution is 0.0948. The number of rotatable bonds is 5. The molecule has 2 aromatic carbocycles. The van der Waals surface area contributed by atoms with Crippen LogP contribution in [0, 0.1) is 0 Å². The Balaban J connectivity index is 1.43. The van der Waals surface area contributed by atoms with Gasteiger partial charge in [-0.3, -0.25) is 4.79 Å². The zero-order valence-corrected chi connectivity index (χ0v) is 16.5. The molecule has 4 rings (SSSR count). The van der Waals surface area contributed by atoms with E-state index in [-0.39, 0.29) is 17.3 Å². The number of carbonyl (C=O) groups excluding carboxylic acids is 1. The van der Waals surface area contributed by atoms with Crippen LogP contribution in [0.25, 0.3) is 21.0 Å². The maximum Gasteiger partial charge on any atom is 0.251 e. The summed E-state index contributed by atoms with van der Waals surface area (Å²) in [7, 11) is -3.29. The SMILES string of the molecule is CS(=O)(=O)c1ccc(C(=O)NCc2ccc(-c3nc4ccccc4s3)o2)cc1. The van der Waals surface area contributed by atoms with Crippen molar-refractivity contribution in [2.45, 2.75) is 11.4 Å². The molecule has 1 N–H and O–H groups in total. The van der Waals surface area contributed by atoms with Gasteiger partial charge in [0.1, 0.15) is 5.76 Å². The van der Waals surface area contributed by atoms with E-state index in [0.29, 0.717) is 17.1 Å². The molecule has 0 unspecified atom stereocenters. The fourth-order valence-electron chi connectivity index (χ4n) is 2.69. The molecule has 2 aromatic heterocycles. The van der Waals surface area contributed by atoms with Crippen LogP contribution >= 0.6 is 11.3 Å². The van der Waals surface area contributed by atoms with Crippen molar-refractivity contribution in [1.29, 1.82) is 0 Å². The van der Waals surface area contributed by atoms with Crippen LogP contribution < -0.4 is 5.32 Å². The van der Waals surface area contributed by atoms with E-state index in [1.165, 1.54) is 24.3 Å². The molecule has 8 heteroatoms. The third-order valence-electron chi connectivity index (χ3n) is 4.13. The summed E-state index contributed by atoms with van der Waals surface area (Å²) in [5.74, 6) is 0.955. The van der Waals surface area contributed by atoms with Crippen LogP contribution in [-0.4, -0.2) is 25.6 Å². The smallest absolute Gasteiger partial charge is 0.251 e. The van der Waals surface area contributed by atoms with Gasteiger partial charge in [-0.05, 0) is 48.5 Å². The molecule has 0 bridgehead atoms. The molecule has 28 heavy (non-hydrogen) atoms. The molecule has 0 aliphatic heterocycles. The number of carbonyl (C=O) groups is 1. The van der Waals surface area contributed by atoms with Gasteiger partial charge in [0.05, 0.1) is 21.7 Å². The van der Waals surface area contributed by atoms with Crippen molar-refractivity contribution in [3.05, 3.63) is 72.0 Å². The average Bonchev–Trinajstić information content (AvgIpc) is 3.32. The van der Waals surface area contributed by atoms with Crippen LogP contribution in [0.1, 0.15) is 16.1 Å². The fraction of sp³-hybridized carbons (Fsp3) is 0.100. The summed E-state index contributed by atoms with van der Waals surface area (Å²) in [5, 5.41) is 3.55. The van der Waals surface area contributed by atoms with Gasteiger partial charge in [-0.15, -0.1) is 11.3 Å². The summed E-state index contributed by atoms with van der Waals surface area (Å²) in [6.07, 6.45) is 1.13. The van der Waals surface area contributed by atoms with Crippen molar-refractivity contribution in [2.24, 2.45) is 0 Å². The van der Waals surface area contributed by atoms with Crippen molar-refractivity contribution >= 4 is 37.3 Å². The molecule has 2 heterocycles. The van der Waals surface area contributed by atoms with E-state index < -0.39 is 9.84 Å². The highest BCUT2D eigenvalue weighted by Crippen LogP contribution is 2.31. The van der Waals surface area contributed by atoms with E-state index in [1.54, 1.807) is 17.4 Å². The summed E-state index contributed by atoms with van der Waals surface area (Å²) in [4.78, 5) is 17.0. The van der Waals surface area contributed by atoms with Gasteiger partial charge in [0.15, 0.2) is 20.6 Å². The van der Waals surface area contributed by atoms with E-state index in [0.717, 1.165) is 21.5 Å². The second-order valence-corrected chi connectivity index (χ2v) is 9.28. The minimum Gasteiger partial charge on any atom is -0.457 e. The number of hydrogen-bond acceptors (Lipinski definition) is 6. The number of furan rings is 1. The molecule has 1 amide bonds. The van der Waals surface area contributed by atoms with Gasteiger partial charge in [-0.2, -0.15) is 0 Å². The normalized spacial score (nSPS) is 11.6. The molecule has 0 aliphatic rings. The Bertz CT molecular complexity index is 1220. The molecule has 0 atom stereocenters. The first-order valence-electron chi connectivity index (χ1n) is 8.43. The Morgan fingerprint density at radius 3 is 2.54 bits per heavy atom. The number of hydrogen-bond donors (Lipinski definition) is 1. The number of nitrogens with one attached hydrogen (secondary N) is 1. The molecule has 4 aromatic rings. The van der Waals surface area contributed by atoms with Crippen LogP contribution in [0.2, 0.25) is 0 Å². The first kappa shape index (κ1) is 18.4. The lowest BCUT2D eigenvalue weighted by Gasteiger charge is -2.04. The lowest BCUT2D eigenvalue weighted by Crippen LogP contribution is -2.22. The average molecular weight is 412 g/mol. The lowest BCUT2D eigenvalue weighted by atomic mass is 10.2. The maximum atomic E-state index is 12.3. The van der Waals surface area contributed by atoms with Crippen LogP contribution in [-0.2, 0) is 16.4 Å².